The number of carbonyl (C=O) groups is 1. The highest BCUT2D eigenvalue weighted by atomic mass is 32.1. The molecule has 0 saturated carbocycles. The third kappa shape index (κ3) is 5.87. The van der Waals surface area contributed by atoms with Gasteiger partial charge in [0.25, 0.3) is 0 Å². The monoisotopic (exact) mass is 414 g/mol. The van der Waals surface area contributed by atoms with Crippen molar-refractivity contribution in [2.45, 2.75) is 46.6 Å². The first kappa shape index (κ1) is 21.9. The molecule has 0 spiro atoms. The highest BCUT2D eigenvalue weighted by Crippen LogP contribution is 2.29. The molecule has 6 heteroatoms. The number of nitrogens with one attached hydrogen (secondary N) is 1. The second kappa shape index (κ2) is 9.83. The Balaban J connectivity index is 1.64. The number of hydrogen-bond acceptors (Lipinski definition) is 5. The lowest BCUT2D eigenvalue weighted by atomic mass is 10.0. The van der Waals surface area contributed by atoms with Crippen molar-refractivity contribution in [3.8, 4) is 11.3 Å². The van der Waals surface area contributed by atoms with Crippen molar-refractivity contribution < 1.29 is 4.79 Å². The topological polar surface area (TPSA) is 48.5 Å². The molecule has 1 amide bonds. The van der Waals surface area contributed by atoms with E-state index in [1.54, 1.807) is 11.3 Å². The molecule has 1 saturated heterocycles. The van der Waals surface area contributed by atoms with E-state index in [4.69, 9.17) is 4.98 Å². The zero-order chi connectivity index (χ0) is 21.0. The standard InChI is InChI=1S/C23H34N4OS/c1-6-20(15-27-11-9-26(5)10-12-27)25-22(28)14-21-23(24-18(4)29-21)19-8-7-16(2)17(3)13-19/h7-8,13,20H,6,9-12,14-15H2,1-5H3,(H,25,28). The van der Waals surface area contributed by atoms with Gasteiger partial charge in [-0.2, -0.15) is 0 Å². The number of hydrogen-bond donors (Lipinski definition) is 1. The number of rotatable bonds is 7. The molecule has 2 heterocycles. The number of likely N-dealkylation sites (N-methyl/N-ethyl adjacent to an activating group) is 1. The Bertz CT molecular complexity index is 839. The Hall–Kier alpha value is -1.76. The molecule has 1 fully saturated rings. The fourth-order valence-electron chi connectivity index (χ4n) is 3.75. The molecule has 1 atom stereocenters. The molecule has 3 rings (SSSR count). The number of amides is 1. The van der Waals surface area contributed by atoms with Crippen LogP contribution in [0.2, 0.25) is 0 Å². The SMILES string of the molecule is CCC(CN1CCN(C)CC1)NC(=O)Cc1sc(C)nc1-c1ccc(C)c(C)c1. The lowest BCUT2D eigenvalue weighted by Crippen LogP contribution is -2.50. The van der Waals surface area contributed by atoms with Gasteiger partial charge in [0, 0.05) is 49.2 Å². The molecule has 0 radical (unpaired) electrons. The van der Waals surface area contributed by atoms with Crippen LogP contribution in [0.3, 0.4) is 0 Å². The molecule has 1 aromatic carbocycles. The van der Waals surface area contributed by atoms with Crippen LogP contribution in [-0.2, 0) is 11.2 Å². The number of thiazole rings is 1. The van der Waals surface area contributed by atoms with Crippen molar-refractivity contribution in [1.29, 1.82) is 0 Å². The lowest BCUT2D eigenvalue weighted by molar-refractivity contribution is -0.121. The highest BCUT2D eigenvalue weighted by molar-refractivity contribution is 7.12. The summed E-state index contributed by atoms with van der Waals surface area (Å²) in [6.45, 7) is 13.7. The van der Waals surface area contributed by atoms with Gasteiger partial charge >= 0.3 is 0 Å². The van der Waals surface area contributed by atoms with Crippen molar-refractivity contribution >= 4 is 17.2 Å². The number of piperazine rings is 1. The molecular formula is C23H34N4OS. The quantitative estimate of drug-likeness (QED) is 0.754. The Kier molecular flexibility index (Phi) is 7.44. The van der Waals surface area contributed by atoms with Gasteiger partial charge in [0.15, 0.2) is 0 Å². The van der Waals surface area contributed by atoms with Gasteiger partial charge in [0.1, 0.15) is 0 Å². The third-order valence-corrected chi connectivity index (χ3v) is 6.81. The van der Waals surface area contributed by atoms with Crippen LogP contribution in [0, 0.1) is 20.8 Å². The Labute approximate surface area is 179 Å². The van der Waals surface area contributed by atoms with Crippen LogP contribution in [-0.4, -0.2) is 66.5 Å². The summed E-state index contributed by atoms with van der Waals surface area (Å²) < 4.78 is 0. The van der Waals surface area contributed by atoms with E-state index in [-0.39, 0.29) is 11.9 Å². The van der Waals surface area contributed by atoms with E-state index in [0.717, 1.165) is 60.3 Å². The molecule has 29 heavy (non-hydrogen) atoms. The van der Waals surface area contributed by atoms with E-state index in [1.807, 2.05) is 6.92 Å². The van der Waals surface area contributed by atoms with Crippen LogP contribution < -0.4 is 5.32 Å². The minimum atomic E-state index is 0.0970. The molecular weight excluding hydrogens is 380 g/mol. The summed E-state index contributed by atoms with van der Waals surface area (Å²) >= 11 is 1.63. The van der Waals surface area contributed by atoms with Crippen LogP contribution in [0.5, 0.6) is 0 Å². The van der Waals surface area contributed by atoms with E-state index in [0.29, 0.717) is 6.42 Å². The summed E-state index contributed by atoms with van der Waals surface area (Å²) in [5.41, 5.74) is 4.58. The fourth-order valence-corrected chi connectivity index (χ4v) is 4.70. The van der Waals surface area contributed by atoms with Gasteiger partial charge < -0.3 is 10.2 Å². The maximum absolute atomic E-state index is 12.8. The first-order valence-electron chi connectivity index (χ1n) is 10.6. The predicted molar refractivity (Wildman–Crippen MR) is 122 cm³/mol. The van der Waals surface area contributed by atoms with Crippen molar-refractivity contribution in [3.05, 3.63) is 39.2 Å². The van der Waals surface area contributed by atoms with E-state index >= 15 is 0 Å². The average Bonchev–Trinajstić information content (AvgIpc) is 3.05. The van der Waals surface area contributed by atoms with E-state index < -0.39 is 0 Å². The van der Waals surface area contributed by atoms with E-state index in [2.05, 4.69) is 61.1 Å². The number of benzene rings is 1. The zero-order valence-electron chi connectivity index (χ0n) is 18.4. The normalized spacial score (nSPS) is 16.7. The van der Waals surface area contributed by atoms with Crippen LogP contribution in [0.15, 0.2) is 18.2 Å². The van der Waals surface area contributed by atoms with Crippen LogP contribution in [0.1, 0.15) is 34.4 Å². The number of nitrogens with zero attached hydrogens (tertiary/aromatic N) is 3. The second-order valence-electron chi connectivity index (χ2n) is 8.26. The summed E-state index contributed by atoms with van der Waals surface area (Å²) in [7, 11) is 2.17. The molecule has 1 aromatic heterocycles. The number of aryl methyl sites for hydroxylation is 3. The average molecular weight is 415 g/mol. The number of carbonyl (C=O) groups excluding carboxylic acids is 1. The molecule has 1 aliphatic rings. The lowest BCUT2D eigenvalue weighted by Gasteiger charge is -2.34. The molecule has 0 bridgehead atoms. The first-order chi connectivity index (χ1) is 13.9. The summed E-state index contributed by atoms with van der Waals surface area (Å²) in [5, 5.41) is 4.27. The molecule has 0 aliphatic carbocycles. The van der Waals surface area contributed by atoms with E-state index in [1.165, 1.54) is 11.1 Å². The maximum atomic E-state index is 12.8. The van der Waals surface area contributed by atoms with Gasteiger partial charge in [-0.05, 0) is 51.4 Å². The summed E-state index contributed by atoms with van der Waals surface area (Å²) in [6.07, 6.45) is 1.34. The fraction of sp³-hybridized carbons (Fsp3) is 0.565. The minimum Gasteiger partial charge on any atom is -0.352 e. The first-order valence-corrected chi connectivity index (χ1v) is 11.4. The molecule has 1 aliphatic heterocycles. The van der Waals surface area contributed by atoms with Crippen LogP contribution >= 0.6 is 11.3 Å². The van der Waals surface area contributed by atoms with Crippen molar-refractivity contribution in [2.75, 3.05) is 39.8 Å². The Morgan fingerprint density at radius 2 is 1.90 bits per heavy atom. The molecule has 1 N–H and O–H groups in total. The molecule has 2 aromatic rings. The summed E-state index contributed by atoms with van der Waals surface area (Å²) in [4.78, 5) is 23.4. The minimum absolute atomic E-state index is 0.0970. The van der Waals surface area contributed by atoms with Gasteiger partial charge in [-0.1, -0.05) is 19.1 Å². The second-order valence-corrected chi connectivity index (χ2v) is 9.54. The van der Waals surface area contributed by atoms with Crippen molar-refractivity contribution in [1.82, 2.24) is 20.1 Å². The maximum Gasteiger partial charge on any atom is 0.225 e. The summed E-state index contributed by atoms with van der Waals surface area (Å²) in [5.74, 6) is 0.0970. The van der Waals surface area contributed by atoms with Crippen LogP contribution in [0.25, 0.3) is 11.3 Å². The Morgan fingerprint density at radius 1 is 1.17 bits per heavy atom. The number of aromatic nitrogens is 1. The van der Waals surface area contributed by atoms with Crippen LogP contribution in [0.4, 0.5) is 0 Å². The van der Waals surface area contributed by atoms with Gasteiger partial charge in [0.05, 0.1) is 17.1 Å². The molecule has 1 unspecified atom stereocenters. The van der Waals surface area contributed by atoms with Gasteiger partial charge in [-0.25, -0.2) is 4.98 Å². The summed E-state index contributed by atoms with van der Waals surface area (Å²) in [6, 6.07) is 6.62. The van der Waals surface area contributed by atoms with Crippen molar-refractivity contribution in [3.63, 3.8) is 0 Å². The Morgan fingerprint density at radius 3 is 2.55 bits per heavy atom. The van der Waals surface area contributed by atoms with Crippen molar-refractivity contribution in [2.24, 2.45) is 0 Å². The van der Waals surface area contributed by atoms with Gasteiger partial charge in [0.2, 0.25) is 5.91 Å². The molecule has 5 nitrogen and oxygen atoms in total. The zero-order valence-corrected chi connectivity index (χ0v) is 19.2. The van der Waals surface area contributed by atoms with E-state index in [9.17, 15) is 4.79 Å². The highest BCUT2D eigenvalue weighted by Gasteiger charge is 2.20. The third-order valence-electron chi connectivity index (χ3n) is 5.84. The van der Waals surface area contributed by atoms with Gasteiger partial charge in [-0.15, -0.1) is 11.3 Å². The smallest absolute Gasteiger partial charge is 0.225 e. The largest absolute Gasteiger partial charge is 0.352 e. The van der Waals surface area contributed by atoms with Gasteiger partial charge in [-0.3, -0.25) is 9.69 Å². The predicted octanol–water partition coefficient (Wildman–Crippen LogP) is 3.42. The molecule has 158 valence electrons.